The van der Waals surface area contributed by atoms with Gasteiger partial charge in [-0.25, -0.2) is 0 Å². The molecule has 1 amide bonds. The van der Waals surface area contributed by atoms with Gasteiger partial charge in [0.2, 0.25) is 5.91 Å². The van der Waals surface area contributed by atoms with Crippen LogP contribution in [0.25, 0.3) is 0 Å². The molecule has 0 unspecified atom stereocenters. The Hall–Kier alpha value is -1.74. The third-order valence-corrected chi connectivity index (χ3v) is 4.24. The molecule has 0 bridgehead atoms. The van der Waals surface area contributed by atoms with Crippen molar-refractivity contribution in [3.8, 4) is 0 Å². The van der Waals surface area contributed by atoms with Crippen LogP contribution in [0, 0.1) is 13.8 Å². The summed E-state index contributed by atoms with van der Waals surface area (Å²) in [6, 6.07) is 16.4. The van der Waals surface area contributed by atoms with Crippen LogP contribution >= 0.6 is 11.8 Å². The first-order valence-corrected chi connectivity index (χ1v) is 8.18. The van der Waals surface area contributed by atoms with Crippen molar-refractivity contribution in [1.29, 1.82) is 0 Å². The normalized spacial score (nSPS) is 10.4. The smallest absolute Gasteiger partial charge is 0.224 e. The van der Waals surface area contributed by atoms with Crippen molar-refractivity contribution in [2.45, 2.75) is 31.6 Å². The molecule has 3 heteroatoms. The predicted molar refractivity (Wildman–Crippen MR) is 90.9 cm³/mol. The molecule has 0 radical (unpaired) electrons. The first-order valence-electron chi connectivity index (χ1n) is 7.19. The lowest BCUT2D eigenvalue weighted by Crippen LogP contribution is -2.11. The second kappa shape index (κ2) is 7.89. The van der Waals surface area contributed by atoms with Gasteiger partial charge in [0.05, 0.1) is 0 Å². The van der Waals surface area contributed by atoms with Crippen molar-refractivity contribution in [2.24, 2.45) is 0 Å². The molecule has 0 fully saturated rings. The molecular weight excluding hydrogens is 278 g/mol. The maximum Gasteiger partial charge on any atom is 0.224 e. The zero-order valence-electron chi connectivity index (χ0n) is 12.6. The molecule has 0 aliphatic heterocycles. The number of anilines is 1. The molecule has 0 heterocycles. The molecule has 2 aromatic rings. The summed E-state index contributed by atoms with van der Waals surface area (Å²) in [6.07, 6.45) is 1.45. The van der Waals surface area contributed by atoms with E-state index in [4.69, 9.17) is 0 Å². The van der Waals surface area contributed by atoms with E-state index >= 15 is 0 Å². The Morgan fingerprint density at radius 3 is 2.52 bits per heavy atom. The van der Waals surface area contributed by atoms with E-state index in [1.807, 2.05) is 31.2 Å². The second-order valence-electron chi connectivity index (χ2n) is 5.18. The van der Waals surface area contributed by atoms with Crippen molar-refractivity contribution >= 4 is 23.4 Å². The minimum absolute atomic E-state index is 0.0881. The molecule has 0 saturated heterocycles. The molecular formula is C18H21NOS. The van der Waals surface area contributed by atoms with E-state index in [2.05, 4.69) is 36.5 Å². The molecule has 2 nitrogen and oxygen atoms in total. The average molecular weight is 299 g/mol. The SMILES string of the molecule is Cc1ccc(SCCCC(=O)Nc2cccc(C)c2)cc1. The zero-order valence-corrected chi connectivity index (χ0v) is 13.4. The standard InChI is InChI=1S/C18H21NOS/c1-14-8-10-17(11-9-14)21-12-4-7-18(20)19-16-6-3-5-15(2)13-16/h3,5-6,8-11,13H,4,7,12H2,1-2H3,(H,19,20). The Labute approximate surface area is 131 Å². The molecule has 0 aromatic heterocycles. The molecule has 0 saturated carbocycles. The molecule has 0 spiro atoms. The monoisotopic (exact) mass is 299 g/mol. The zero-order chi connectivity index (χ0) is 15.1. The van der Waals surface area contributed by atoms with E-state index in [1.54, 1.807) is 11.8 Å². The summed E-state index contributed by atoms with van der Waals surface area (Å²) in [4.78, 5) is 13.1. The number of amides is 1. The molecule has 0 atom stereocenters. The maximum absolute atomic E-state index is 11.9. The first-order chi connectivity index (χ1) is 10.1. The van der Waals surface area contributed by atoms with Crippen molar-refractivity contribution < 1.29 is 4.79 Å². The fourth-order valence-electron chi connectivity index (χ4n) is 2.00. The fourth-order valence-corrected chi connectivity index (χ4v) is 2.86. The number of carbonyl (C=O) groups excluding carboxylic acids is 1. The van der Waals surface area contributed by atoms with Crippen molar-refractivity contribution in [3.05, 3.63) is 59.7 Å². The second-order valence-corrected chi connectivity index (χ2v) is 6.35. The van der Waals surface area contributed by atoms with Crippen LogP contribution in [0.3, 0.4) is 0 Å². The average Bonchev–Trinajstić information content (AvgIpc) is 2.45. The lowest BCUT2D eigenvalue weighted by atomic mass is 10.2. The van der Waals surface area contributed by atoms with Crippen LogP contribution in [0.15, 0.2) is 53.4 Å². The molecule has 1 N–H and O–H groups in total. The summed E-state index contributed by atoms with van der Waals surface area (Å²) in [5.41, 5.74) is 3.31. The van der Waals surface area contributed by atoms with Crippen LogP contribution in [-0.4, -0.2) is 11.7 Å². The topological polar surface area (TPSA) is 29.1 Å². The third kappa shape index (κ3) is 5.64. The quantitative estimate of drug-likeness (QED) is 0.612. The van der Waals surface area contributed by atoms with Gasteiger partial charge < -0.3 is 5.32 Å². The Morgan fingerprint density at radius 2 is 1.81 bits per heavy atom. The Morgan fingerprint density at radius 1 is 1.05 bits per heavy atom. The number of aryl methyl sites for hydroxylation is 2. The molecule has 21 heavy (non-hydrogen) atoms. The van der Waals surface area contributed by atoms with Gasteiger partial charge in [-0.2, -0.15) is 0 Å². The number of nitrogens with one attached hydrogen (secondary N) is 1. The highest BCUT2D eigenvalue weighted by molar-refractivity contribution is 7.99. The molecule has 2 aromatic carbocycles. The van der Waals surface area contributed by atoms with Crippen LogP contribution in [0.2, 0.25) is 0 Å². The predicted octanol–water partition coefficient (Wildman–Crippen LogP) is 4.81. The van der Waals surface area contributed by atoms with Gasteiger partial charge in [0.15, 0.2) is 0 Å². The summed E-state index contributed by atoms with van der Waals surface area (Å²) >= 11 is 1.80. The summed E-state index contributed by atoms with van der Waals surface area (Å²) < 4.78 is 0. The lowest BCUT2D eigenvalue weighted by molar-refractivity contribution is -0.116. The van der Waals surface area contributed by atoms with Gasteiger partial charge >= 0.3 is 0 Å². The summed E-state index contributed by atoms with van der Waals surface area (Å²) in [5, 5.41) is 2.94. The van der Waals surface area contributed by atoms with Crippen molar-refractivity contribution in [3.63, 3.8) is 0 Å². The van der Waals surface area contributed by atoms with Gasteiger partial charge in [0.1, 0.15) is 0 Å². The Balaban J connectivity index is 1.68. The van der Waals surface area contributed by atoms with E-state index in [0.717, 1.165) is 23.4 Å². The number of rotatable bonds is 6. The van der Waals surface area contributed by atoms with Gasteiger partial charge in [0, 0.05) is 17.0 Å². The number of thioether (sulfide) groups is 1. The van der Waals surface area contributed by atoms with Crippen LogP contribution in [0.4, 0.5) is 5.69 Å². The summed E-state index contributed by atoms with van der Waals surface area (Å²) in [6.45, 7) is 4.11. The van der Waals surface area contributed by atoms with E-state index in [9.17, 15) is 4.79 Å². The maximum atomic E-state index is 11.9. The minimum atomic E-state index is 0.0881. The number of carbonyl (C=O) groups is 1. The fraction of sp³-hybridized carbons (Fsp3) is 0.278. The van der Waals surface area contributed by atoms with Crippen molar-refractivity contribution in [2.75, 3.05) is 11.1 Å². The van der Waals surface area contributed by atoms with Crippen LogP contribution in [-0.2, 0) is 4.79 Å². The highest BCUT2D eigenvalue weighted by Gasteiger charge is 2.03. The number of hydrogen-bond donors (Lipinski definition) is 1. The molecule has 110 valence electrons. The lowest BCUT2D eigenvalue weighted by Gasteiger charge is -2.06. The number of benzene rings is 2. The minimum Gasteiger partial charge on any atom is -0.326 e. The van der Waals surface area contributed by atoms with E-state index in [1.165, 1.54) is 10.5 Å². The summed E-state index contributed by atoms with van der Waals surface area (Å²) in [5.74, 6) is 1.05. The van der Waals surface area contributed by atoms with Crippen molar-refractivity contribution in [1.82, 2.24) is 0 Å². The van der Waals surface area contributed by atoms with E-state index in [-0.39, 0.29) is 5.91 Å². The molecule has 0 aliphatic carbocycles. The van der Waals surface area contributed by atoms with Gasteiger partial charge in [-0.05, 0) is 55.9 Å². The van der Waals surface area contributed by atoms with Gasteiger partial charge in [-0.1, -0.05) is 29.8 Å². The highest BCUT2D eigenvalue weighted by Crippen LogP contribution is 2.19. The summed E-state index contributed by atoms with van der Waals surface area (Å²) in [7, 11) is 0. The van der Waals surface area contributed by atoms with Crippen LogP contribution in [0.1, 0.15) is 24.0 Å². The van der Waals surface area contributed by atoms with Crippen LogP contribution in [0.5, 0.6) is 0 Å². The largest absolute Gasteiger partial charge is 0.326 e. The first kappa shape index (κ1) is 15.6. The van der Waals surface area contributed by atoms with Gasteiger partial charge in [-0.15, -0.1) is 11.8 Å². The van der Waals surface area contributed by atoms with Gasteiger partial charge in [-0.3, -0.25) is 4.79 Å². The van der Waals surface area contributed by atoms with Crippen LogP contribution < -0.4 is 5.32 Å². The molecule has 2 rings (SSSR count). The highest BCUT2D eigenvalue weighted by atomic mass is 32.2. The third-order valence-electron chi connectivity index (χ3n) is 3.14. The Kier molecular flexibility index (Phi) is 5.88. The Bertz CT molecular complexity index is 592. The molecule has 0 aliphatic rings. The van der Waals surface area contributed by atoms with E-state index < -0.39 is 0 Å². The number of hydrogen-bond acceptors (Lipinski definition) is 2. The van der Waals surface area contributed by atoms with E-state index in [0.29, 0.717) is 6.42 Å². The van der Waals surface area contributed by atoms with Gasteiger partial charge in [0.25, 0.3) is 0 Å².